The Labute approximate surface area is 170 Å². The first-order valence-corrected chi connectivity index (χ1v) is 9.82. The van der Waals surface area contributed by atoms with Gasteiger partial charge in [-0.3, -0.25) is 14.2 Å². The monoisotopic (exact) mass is 409 g/mol. The summed E-state index contributed by atoms with van der Waals surface area (Å²) in [7, 11) is 0. The molecule has 0 radical (unpaired) electrons. The smallest absolute Gasteiger partial charge is 0.262 e. The van der Waals surface area contributed by atoms with E-state index in [4.69, 9.17) is 11.6 Å². The van der Waals surface area contributed by atoms with Crippen molar-refractivity contribution in [2.45, 2.75) is 13.5 Å². The molecule has 4 aromatic rings. The zero-order valence-corrected chi connectivity index (χ0v) is 16.6. The number of thiophene rings is 1. The number of hydrogen-bond acceptors (Lipinski definition) is 4. The lowest BCUT2D eigenvalue weighted by molar-refractivity contribution is -0.116. The molecule has 1 amide bonds. The minimum absolute atomic E-state index is 0.136. The molecule has 0 bridgehead atoms. The first-order chi connectivity index (χ1) is 13.5. The molecule has 0 aliphatic heterocycles. The van der Waals surface area contributed by atoms with Crippen molar-refractivity contribution < 1.29 is 4.79 Å². The molecule has 140 valence electrons. The van der Waals surface area contributed by atoms with Gasteiger partial charge in [-0.25, -0.2) is 4.98 Å². The van der Waals surface area contributed by atoms with Gasteiger partial charge in [-0.15, -0.1) is 11.3 Å². The summed E-state index contributed by atoms with van der Waals surface area (Å²) in [4.78, 5) is 31.4. The van der Waals surface area contributed by atoms with Crippen LogP contribution in [-0.4, -0.2) is 15.5 Å². The molecule has 2 aromatic heterocycles. The van der Waals surface area contributed by atoms with Crippen LogP contribution in [0.4, 0.5) is 5.69 Å². The maximum absolute atomic E-state index is 13.0. The average Bonchev–Trinajstić information content (AvgIpc) is 3.04. The number of para-hydroxylation sites is 1. The lowest BCUT2D eigenvalue weighted by atomic mass is 10.1. The number of anilines is 1. The second-order valence-corrected chi connectivity index (χ2v) is 7.71. The molecule has 4 rings (SSSR count). The summed E-state index contributed by atoms with van der Waals surface area (Å²) in [6.45, 7) is 1.78. The summed E-state index contributed by atoms with van der Waals surface area (Å²) < 4.78 is 1.32. The van der Waals surface area contributed by atoms with Gasteiger partial charge in [0.15, 0.2) is 0 Å². The Balaban J connectivity index is 1.67. The fourth-order valence-corrected chi connectivity index (χ4v) is 4.37. The number of carbonyl (C=O) groups is 1. The van der Waals surface area contributed by atoms with E-state index in [1.54, 1.807) is 24.3 Å². The number of halogens is 1. The number of hydrogen-bond donors (Lipinski definition) is 1. The molecule has 0 fully saturated rings. The predicted octanol–water partition coefficient (Wildman–Crippen LogP) is 4.73. The second-order valence-electron chi connectivity index (χ2n) is 6.31. The highest BCUT2D eigenvalue weighted by atomic mass is 35.5. The highest BCUT2D eigenvalue weighted by molar-refractivity contribution is 7.22. The van der Waals surface area contributed by atoms with E-state index < -0.39 is 0 Å². The summed E-state index contributed by atoms with van der Waals surface area (Å²) in [6, 6.07) is 16.9. The van der Waals surface area contributed by atoms with E-state index >= 15 is 0 Å². The van der Waals surface area contributed by atoms with Crippen molar-refractivity contribution >= 4 is 44.7 Å². The Morgan fingerprint density at radius 2 is 1.86 bits per heavy atom. The Bertz CT molecular complexity index is 1230. The van der Waals surface area contributed by atoms with Crippen LogP contribution in [0.15, 0.2) is 65.7 Å². The lowest BCUT2D eigenvalue weighted by Gasteiger charge is -2.08. The Kier molecular flexibility index (Phi) is 4.98. The van der Waals surface area contributed by atoms with Crippen molar-refractivity contribution in [1.82, 2.24) is 9.55 Å². The summed E-state index contributed by atoms with van der Waals surface area (Å²) in [6.07, 6.45) is 1.42. The van der Waals surface area contributed by atoms with Gasteiger partial charge >= 0.3 is 0 Å². The number of fused-ring (bicyclic) bond motifs is 1. The largest absolute Gasteiger partial charge is 0.323 e. The maximum atomic E-state index is 13.0. The van der Waals surface area contributed by atoms with Crippen LogP contribution in [0.3, 0.4) is 0 Å². The van der Waals surface area contributed by atoms with Crippen molar-refractivity contribution in [2.24, 2.45) is 0 Å². The first-order valence-electron chi connectivity index (χ1n) is 8.63. The van der Waals surface area contributed by atoms with Gasteiger partial charge in [0.1, 0.15) is 11.4 Å². The molecular formula is C21H16ClN3O2S. The van der Waals surface area contributed by atoms with E-state index in [0.717, 1.165) is 16.0 Å². The normalized spacial score (nSPS) is 10.9. The third-order valence-electron chi connectivity index (χ3n) is 4.42. The van der Waals surface area contributed by atoms with Crippen LogP contribution in [0.2, 0.25) is 5.02 Å². The van der Waals surface area contributed by atoms with Crippen molar-refractivity contribution in [2.75, 3.05) is 5.32 Å². The quantitative estimate of drug-likeness (QED) is 0.530. The van der Waals surface area contributed by atoms with E-state index in [0.29, 0.717) is 20.9 Å². The Morgan fingerprint density at radius 1 is 1.14 bits per heavy atom. The molecule has 0 saturated heterocycles. The Hall–Kier alpha value is -2.96. The minimum Gasteiger partial charge on any atom is -0.323 e. The number of carbonyl (C=O) groups excluding carboxylic acids is 1. The molecule has 28 heavy (non-hydrogen) atoms. The molecule has 5 nitrogen and oxygen atoms in total. The molecule has 0 spiro atoms. The molecule has 0 aliphatic rings. The van der Waals surface area contributed by atoms with Crippen LogP contribution < -0.4 is 10.9 Å². The number of nitrogens with zero attached hydrogens (tertiary/aromatic N) is 2. The number of aromatic nitrogens is 2. The van der Waals surface area contributed by atoms with Crippen LogP contribution in [0, 0.1) is 6.92 Å². The highest BCUT2D eigenvalue weighted by Crippen LogP contribution is 2.35. The van der Waals surface area contributed by atoms with E-state index in [2.05, 4.69) is 10.3 Å². The second kappa shape index (κ2) is 7.58. The Morgan fingerprint density at radius 3 is 2.61 bits per heavy atom. The zero-order chi connectivity index (χ0) is 19.7. The van der Waals surface area contributed by atoms with Gasteiger partial charge in [-0.2, -0.15) is 0 Å². The molecule has 2 aromatic carbocycles. The standard InChI is InChI=1S/C21H16ClN3O2S/c1-13-18-20(28-19(13)14-7-3-2-4-8-14)23-12-25(21(18)27)11-17(26)24-16-10-6-5-9-15(16)22/h2-10,12H,11H2,1H3,(H,24,26). The van der Waals surface area contributed by atoms with Crippen LogP contribution >= 0.6 is 22.9 Å². The van der Waals surface area contributed by atoms with Gasteiger partial charge < -0.3 is 5.32 Å². The molecule has 0 unspecified atom stereocenters. The molecule has 1 N–H and O–H groups in total. The zero-order valence-electron chi connectivity index (χ0n) is 15.0. The third-order valence-corrected chi connectivity index (χ3v) is 5.99. The average molecular weight is 410 g/mol. The lowest BCUT2D eigenvalue weighted by Crippen LogP contribution is -2.27. The van der Waals surface area contributed by atoms with Gasteiger partial charge in [0.2, 0.25) is 5.91 Å². The van der Waals surface area contributed by atoms with E-state index in [1.807, 2.05) is 37.3 Å². The van der Waals surface area contributed by atoms with Crippen molar-refractivity contribution in [3.05, 3.63) is 81.9 Å². The molecular weight excluding hydrogens is 394 g/mol. The number of aryl methyl sites for hydroxylation is 1. The van der Waals surface area contributed by atoms with Crippen LogP contribution in [0.25, 0.3) is 20.7 Å². The molecule has 2 heterocycles. The highest BCUT2D eigenvalue weighted by Gasteiger charge is 2.17. The fraction of sp³-hybridized carbons (Fsp3) is 0.0952. The van der Waals surface area contributed by atoms with Crippen molar-refractivity contribution in [3.63, 3.8) is 0 Å². The van der Waals surface area contributed by atoms with Gasteiger partial charge in [-0.05, 0) is 30.2 Å². The minimum atomic E-state index is -0.340. The van der Waals surface area contributed by atoms with E-state index in [9.17, 15) is 9.59 Å². The SMILES string of the molecule is Cc1c(-c2ccccc2)sc2ncn(CC(=O)Nc3ccccc3Cl)c(=O)c12. The number of benzene rings is 2. The van der Waals surface area contributed by atoms with Crippen molar-refractivity contribution in [1.29, 1.82) is 0 Å². The summed E-state index contributed by atoms with van der Waals surface area (Å²) in [5.41, 5.74) is 2.21. The topological polar surface area (TPSA) is 64.0 Å². The van der Waals surface area contributed by atoms with Crippen molar-refractivity contribution in [3.8, 4) is 10.4 Å². The molecule has 7 heteroatoms. The number of amides is 1. The number of nitrogens with one attached hydrogen (secondary N) is 1. The van der Waals surface area contributed by atoms with Gasteiger partial charge in [-0.1, -0.05) is 54.1 Å². The maximum Gasteiger partial charge on any atom is 0.262 e. The van der Waals surface area contributed by atoms with Crippen LogP contribution in [0.5, 0.6) is 0 Å². The van der Waals surface area contributed by atoms with Gasteiger partial charge in [0.05, 0.1) is 22.4 Å². The van der Waals surface area contributed by atoms with Gasteiger partial charge in [0, 0.05) is 4.88 Å². The first kappa shape index (κ1) is 18.4. The summed E-state index contributed by atoms with van der Waals surface area (Å²) >= 11 is 7.55. The predicted molar refractivity (Wildman–Crippen MR) is 114 cm³/mol. The van der Waals surface area contributed by atoms with E-state index in [1.165, 1.54) is 22.2 Å². The van der Waals surface area contributed by atoms with Crippen LogP contribution in [0.1, 0.15) is 5.56 Å². The van der Waals surface area contributed by atoms with E-state index in [-0.39, 0.29) is 18.0 Å². The molecule has 0 atom stereocenters. The van der Waals surface area contributed by atoms with Crippen LogP contribution in [-0.2, 0) is 11.3 Å². The number of rotatable bonds is 4. The fourth-order valence-electron chi connectivity index (χ4n) is 3.04. The molecule has 0 aliphatic carbocycles. The van der Waals surface area contributed by atoms with Gasteiger partial charge in [0.25, 0.3) is 5.56 Å². The summed E-state index contributed by atoms with van der Waals surface area (Å²) in [5, 5.41) is 3.72. The third kappa shape index (κ3) is 3.44. The summed E-state index contributed by atoms with van der Waals surface area (Å²) in [5.74, 6) is -0.340. The molecule has 0 saturated carbocycles.